The third-order valence-electron chi connectivity index (χ3n) is 4.04. The molecule has 0 radical (unpaired) electrons. The van der Waals surface area contributed by atoms with Crippen molar-refractivity contribution in [1.82, 2.24) is 0 Å². The summed E-state index contributed by atoms with van der Waals surface area (Å²) in [5.74, 6) is 2.23. The van der Waals surface area contributed by atoms with Crippen molar-refractivity contribution >= 4 is 5.78 Å². The molecule has 0 bridgehead atoms. The molecule has 0 aromatic heterocycles. The minimum Gasteiger partial charge on any atom is -0.293 e. The number of fused-ring (bicyclic) bond motifs is 1. The molecule has 0 amide bonds. The van der Waals surface area contributed by atoms with Crippen LogP contribution >= 0.6 is 0 Å². The van der Waals surface area contributed by atoms with Crippen LogP contribution in [0.15, 0.2) is 11.6 Å². The first-order valence-electron chi connectivity index (χ1n) is 5.59. The van der Waals surface area contributed by atoms with Crippen LogP contribution in [-0.2, 0) is 4.79 Å². The first-order valence-corrected chi connectivity index (χ1v) is 5.59. The van der Waals surface area contributed by atoms with Crippen LogP contribution in [0.3, 0.4) is 0 Å². The van der Waals surface area contributed by atoms with Gasteiger partial charge in [-0.05, 0) is 36.3 Å². The molecule has 2 aliphatic rings. The van der Waals surface area contributed by atoms with Crippen molar-refractivity contribution in [3.63, 3.8) is 0 Å². The van der Waals surface area contributed by atoms with Crippen LogP contribution in [0.1, 0.15) is 33.1 Å². The summed E-state index contributed by atoms with van der Waals surface area (Å²) in [5.41, 5.74) is 0.735. The number of ketones is 1. The van der Waals surface area contributed by atoms with Crippen LogP contribution in [0.4, 0.5) is 0 Å². The second kappa shape index (κ2) is 3.22. The zero-order valence-corrected chi connectivity index (χ0v) is 9.71. The lowest BCUT2D eigenvalue weighted by Crippen LogP contribution is -2.32. The summed E-state index contributed by atoms with van der Waals surface area (Å²) in [6.45, 7) is 4.25. The fourth-order valence-electron chi connectivity index (χ4n) is 3.00. The van der Waals surface area contributed by atoms with Crippen LogP contribution in [-0.4, -0.2) is 5.78 Å². The molecule has 1 fully saturated rings. The van der Waals surface area contributed by atoms with Gasteiger partial charge in [0.05, 0.1) is 11.5 Å². The molecule has 0 aromatic rings. The molecular formula is C14H15NO. The number of allylic oxidation sites excluding steroid dienone is 2. The van der Waals surface area contributed by atoms with Crippen LogP contribution in [0.5, 0.6) is 0 Å². The van der Waals surface area contributed by atoms with Gasteiger partial charge in [0.25, 0.3) is 0 Å². The molecule has 2 atom stereocenters. The Kier molecular flexibility index (Phi) is 2.21. The lowest BCUT2D eigenvalue weighted by atomic mass is 9.67. The summed E-state index contributed by atoms with van der Waals surface area (Å²) in [5, 5.41) is 8.95. The van der Waals surface area contributed by atoms with E-state index in [4.69, 9.17) is 11.7 Å². The molecule has 2 unspecified atom stereocenters. The first-order chi connectivity index (χ1) is 7.45. The highest BCUT2D eigenvalue weighted by molar-refractivity contribution is 5.96. The van der Waals surface area contributed by atoms with Gasteiger partial charge in [-0.3, -0.25) is 4.79 Å². The minimum absolute atomic E-state index is 0.00244. The molecule has 2 nitrogen and oxygen atoms in total. The zero-order valence-electron chi connectivity index (χ0n) is 9.71. The Morgan fingerprint density at radius 2 is 2.19 bits per heavy atom. The molecule has 2 heteroatoms. The summed E-state index contributed by atoms with van der Waals surface area (Å²) in [6.07, 6.45) is 9.69. The third kappa shape index (κ3) is 1.30. The summed E-state index contributed by atoms with van der Waals surface area (Å²) >= 11 is 0. The van der Waals surface area contributed by atoms with Crippen molar-refractivity contribution in [2.45, 2.75) is 33.1 Å². The Bertz CT molecular complexity index is 458. The maximum atomic E-state index is 11.7. The summed E-state index contributed by atoms with van der Waals surface area (Å²) in [7, 11) is 0. The quantitative estimate of drug-likeness (QED) is 0.580. The van der Waals surface area contributed by atoms with Crippen molar-refractivity contribution in [3.8, 4) is 18.4 Å². The molecule has 0 spiro atoms. The van der Waals surface area contributed by atoms with Gasteiger partial charge in [-0.2, -0.15) is 5.26 Å². The minimum atomic E-state index is -0.548. The van der Waals surface area contributed by atoms with Gasteiger partial charge in [0.1, 0.15) is 5.92 Å². The van der Waals surface area contributed by atoms with E-state index < -0.39 is 5.92 Å². The lowest BCUT2D eigenvalue weighted by Gasteiger charge is -2.34. The Hall–Kier alpha value is -1.54. The standard InChI is InChI=1S/C14H15NO/c1-4-14-6-5-13(2,3)12(14)7-11(16)10(8-14)9-15/h1,7,10H,5-6,8H2,2-3H3. The van der Waals surface area contributed by atoms with E-state index >= 15 is 0 Å². The molecule has 2 aliphatic carbocycles. The van der Waals surface area contributed by atoms with Gasteiger partial charge in [-0.15, -0.1) is 6.42 Å². The summed E-state index contributed by atoms with van der Waals surface area (Å²) in [6, 6.07) is 2.06. The predicted molar refractivity (Wildman–Crippen MR) is 61.1 cm³/mol. The van der Waals surface area contributed by atoms with Crippen molar-refractivity contribution in [2.24, 2.45) is 16.7 Å². The Morgan fingerprint density at radius 1 is 1.50 bits per heavy atom. The molecular weight excluding hydrogens is 198 g/mol. The monoisotopic (exact) mass is 213 g/mol. The van der Waals surface area contributed by atoms with Crippen molar-refractivity contribution in [3.05, 3.63) is 11.6 Å². The molecule has 0 aromatic carbocycles. The van der Waals surface area contributed by atoms with Gasteiger partial charge in [0.2, 0.25) is 0 Å². The molecule has 2 rings (SSSR count). The number of carbonyl (C=O) groups is 1. The van der Waals surface area contributed by atoms with Gasteiger partial charge in [-0.1, -0.05) is 19.8 Å². The van der Waals surface area contributed by atoms with Crippen molar-refractivity contribution < 1.29 is 4.79 Å². The Balaban J connectivity index is 2.54. The molecule has 16 heavy (non-hydrogen) atoms. The summed E-state index contributed by atoms with van der Waals surface area (Å²) < 4.78 is 0. The predicted octanol–water partition coefficient (Wildman–Crippen LogP) is 2.46. The van der Waals surface area contributed by atoms with E-state index in [0.717, 1.165) is 18.4 Å². The molecule has 0 saturated heterocycles. The SMILES string of the molecule is C#CC12CCC(C)(C)C1=CC(=O)C(C#N)C2. The van der Waals surface area contributed by atoms with E-state index in [2.05, 4.69) is 25.8 Å². The average Bonchev–Trinajstić information content (AvgIpc) is 2.52. The highest BCUT2D eigenvalue weighted by Gasteiger charge is 2.51. The maximum absolute atomic E-state index is 11.7. The average molecular weight is 213 g/mol. The Morgan fingerprint density at radius 3 is 2.75 bits per heavy atom. The van der Waals surface area contributed by atoms with Crippen LogP contribution in [0.2, 0.25) is 0 Å². The topological polar surface area (TPSA) is 40.9 Å². The number of carbonyl (C=O) groups excluding carboxylic acids is 1. The molecule has 82 valence electrons. The van der Waals surface area contributed by atoms with E-state index in [-0.39, 0.29) is 16.6 Å². The molecule has 0 heterocycles. The van der Waals surface area contributed by atoms with E-state index in [1.54, 1.807) is 6.08 Å². The number of nitriles is 1. The van der Waals surface area contributed by atoms with Crippen molar-refractivity contribution in [1.29, 1.82) is 5.26 Å². The van der Waals surface area contributed by atoms with Gasteiger partial charge in [-0.25, -0.2) is 0 Å². The number of hydrogen-bond acceptors (Lipinski definition) is 2. The zero-order chi connectivity index (χ0) is 12.0. The summed E-state index contributed by atoms with van der Waals surface area (Å²) in [4.78, 5) is 11.7. The van der Waals surface area contributed by atoms with Gasteiger partial charge < -0.3 is 0 Å². The van der Waals surface area contributed by atoms with Crippen molar-refractivity contribution in [2.75, 3.05) is 0 Å². The fourth-order valence-corrected chi connectivity index (χ4v) is 3.00. The number of nitrogens with zero attached hydrogens (tertiary/aromatic N) is 1. The van der Waals surface area contributed by atoms with Crippen LogP contribution < -0.4 is 0 Å². The van der Waals surface area contributed by atoms with Crippen LogP contribution in [0.25, 0.3) is 0 Å². The highest BCUT2D eigenvalue weighted by atomic mass is 16.1. The van der Waals surface area contributed by atoms with E-state index in [1.807, 2.05) is 0 Å². The van der Waals surface area contributed by atoms with Crippen LogP contribution in [0, 0.1) is 40.4 Å². The van der Waals surface area contributed by atoms with E-state index in [9.17, 15) is 4.79 Å². The fraction of sp³-hybridized carbons (Fsp3) is 0.571. The largest absolute Gasteiger partial charge is 0.293 e. The second-order valence-corrected chi connectivity index (χ2v) is 5.46. The first kappa shape index (κ1) is 11.0. The molecule has 0 N–H and O–H groups in total. The van der Waals surface area contributed by atoms with Gasteiger partial charge >= 0.3 is 0 Å². The smallest absolute Gasteiger partial charge is 0.172 e. The number of rotatable bonds is 0. The van der Waals surface area contributed by atoms with Gasteiger partial charge in [0.15, 0.2) is 5.78 Å². The lowest BCUT2D eigenvalue weighted by molar-refractivity contribution is -0.118. The second-order valence-electron chi connectivity index (χ2n) is 5.46. The number of terminal acetylenes is 1. The Labute approximate surface area is 96.3 Å². The molecule has 0 aliphatic heterocycles. The van der Waals surface area contributed by atoms with E-state index in [1.165, 1.54) is 0 Å². The number of hydrogen-bond donors (Lipinski definition) is 0. The highest BCUT2D eigenvalue weighted by Crippen LogP contribution is 2.57. The maximum Gasteiger partial charge on any atom is 0.172 e. The normalized spacial score (nSPS) is 35.9. The third-order valence-corrected chi connectivity index (χ3v) is 4.04. The molecule has 1 saturated carbocycles. The van der Waals surface area contributed by atoms with E-state index in [0.29, 0.717) is 6.42 Å². The van der Waals surface area contributed by atoms with Gasteiger partial charge in [0, 0.05) is 0 Å².